The molecule has 0 aromatic carbocycles. The van der Waals surface area contributed by atoms with Crippen molar-refractivity contribution in [2.75, 3.05) is 6.61 Å². The van der Waals surface area contributed by atoms with E-state index < -0.39 is 0 Å². The second kappa shape index (κ2) is 19.5. The average molecular weight is 326 g/mol. The summed E-state index contributed by atoms with van der Waals surface area (Å²) in [6, 6.07) is 0. The molecule has 0 N–H and O–H groups in total. The fourth-order valence-electron chi connectivity index (χ4n) is 2.91. The Bertz CT molecular complexity index is 238. The highest BCUT2D eigenvalue weighted by Gasteiger charge is 1.97. The molecule has 0 aromatic heterocycles. The number of esters is 1. The van der Waals surface area contributed by atoms with Gasteiger partial charge in [-0.1, -0.05) is 103 Å². The molecule has 1 radical (unpaired) electrons. The molecule has 0 aliphatic carbocycles. The summed E-state index contributed by atoms with van der Waals surface area (Å²) in [6.07, 6.45) is 22.1. The first-order chi connectivity index (χ1) is 11.3. The monoisotopic (exact) mass is 325 g/mol. The first-order valence-electron chi connectivity index (χ1n) is 10.3. The van der Waals surface area contributed by atoms with Crippen molar-refractivity contribution in [3.05, 3.63) is 6.92 Å². The summed E-state index contributed by atoms with van der Waals surface area (Å²) in [6.45, 7) is 6.36. The Hall–Kier alpha value is -0.530. The maximum atomic E-state index is 10.9. The first-order valence-corrected chi connectivity index (χ1v) is 10.3. The minimum atomic E-state index is -0.175. The van der Waals surface area contributed by atoms with Crippen LogP contribution in [-0.4, -0.2) is 12.6 Å². The molecule has 0 heterocycles. The molecule has 23 heavy (non-hydrogen) atoms. The number of rotatable bonds is 18. The summed E-state index contributed by atoms with van der Waals surface area (Å²) in [5.41, 5.74) is 0. The van der Waals surface area contributed by atoms with E-state index in [0.29, 0.717) is 6.61 Å². The van der Waals surface area contributed by atoms with Crippen molar-refractivity contribution in [2.45, 2.75) is 116 Å². The Morgan fingerprint density at radius 1 is 0.652 bits per heavy atom. The van der Waals surface area contributed by atoms with Crippen molar-refractivity contribution >= 4 is 5.97 Å². The molecule has 0 saturated carbocycles. The number of carbonyl (C=O) groups excluding carboxylic acids is 1. The van der Waals surface area contributed by atoms with E-state index in [-0.39, 0.29) is 12.4 Å². The Labute approximate surface area is 145 Å². The summed E-state index contributed by atoms with van der Waals surface area (Å²) in [4.78, 5) is 10.9. The number of carbonyl (C=O) groups is 1. The predicted molar refractivity (Wildman–Crippen MR) is 100 cm³/mol. The predicted octanol–water partition coefficient (Wildman–Crippen LogP) is 7.02. The number of hydrogen-bond donors (Lipinski definition) is 0. The van der Waals surface area contributed by atoms with Gasteiger partial charge in [-0.05, 0) is 13.3 Å². The van der Waals surface area contributed by atoms with Crippen molar-refractivity contribution in [3.8, 4) is 0 Å². The van der Waals surface area contributed by atoms with E-state index >= 15 is 0 Å². The lowest BCUT2D eigenvalue weighted by Gasteiger charge is -2.04. The van der Waals surface area contributed by atoms with Gasteiger partial charge in [0, 0.05) is 6.42 Å². The molecule has 0 amide bonds. The third-order valence-corrected chi connectivity index (χ3v) is 4.47. The van der Waals surface area contributed by atoms with Crippen molar-refractivity contribution in [1.82, 2.24) is 0 Å². The SMILES string of the molecule is [CH2]CC(=O)OCCCCCCCCCCCCCCCCCC. The minimum absolute atomic E-state index is 0.175. The molecule has 0 rings (SSSR count). The molecular formula is C21H41O2. The molecule has 0 spiro atoms. The van der Waals surface area contributed by atoms with Crippen LogP contribution in [0.25, 0.3) is 0 Å². The van der Waals surface area contributed by atoms with E-state index in [9.17, 15) is 4.79 Å². The number of unbranched alkanes of at least 4 members (excludes halogenated alkanes) is 15. The van der Waals surface area contributed by atoms with E-state index in [1.54, 1.807) is 0 Å². The lowest BCUT2D eigenvalue weighted by atomic mass is 10.0. The van der Waals surface area contributed by atoms with E-state index in [0.717, 1.165) is 6.42 Å². The van der Waals surface area contributed by atoms with Gasteiger partial charge in [-0.15, -0.1) is 0 Å². The third-order valence-electron chi connectivity index (χ3n) is 4.47. The van der Waals surface area contributed by atoms with Crippen LogP contribution in [0.4, 0.5) is 0 Å². The van der Waals surface area contributed by atoms with E-state index in [1.165, 1.54) is 96.3 Å². The van der Waals surface area contributed by atoms with E-state index in [4.69, 9.17) is 4.74 Å². The van der Waals surface area contributed by atoms with Gasteiger partial charge >= 0.3 is 5.97 Å². The lowest BCUT2D eigenvalue weighted by molar-refractivity contribution is -0.142. The van der Waals surface area contributed by atoms with Crippen LogP contribution in [-0.2, 0) is 9.53 Å². The van der Waals surface area contributed by atoms with Gasteiger partial charge < -0.3 is 4.74 Å². The highest BCUT2D eigenvalue weighted by atomic mass is 16.5. The summed E-state index contributed by atoms with van der Waals surface area (Å²) in [7, 11) is 0. The van der Waals surface area contributed by atoms with Gasteiger partial charge in [-0.25, -0.2) is 0 Å². The van der Waals surface area contributed by atoms with Crippen LogP contribution < -0.4 is 0 Å². The third kappa shape index (κ3) is 19.4. The molecule has 0 bridgehead atoms. The van der Waals surface area contributed by atoms with Crippen LogP contribution in [0.1, 0.15) is 116 Å². The molecule has 0 aromatic rings. The molecular weight excluding hydrogens is 284 g/mol. The minimum Gasteiger partial charge on any atom is -0.466 e. The van der Waals surface area contributed by atoms with Gasteiger partial charge in [-0.3, -0.25) is 4.79 Å². The van der Waals surface area contributed by atoms with Crippen LogP contribution in [0.3, 0.4) is 0 Å². The van der Waals surface area contributed by atoms with Crippen LogP contribution in [0.15, 0.2) is 0 Å². The van der Waals surface area contributed by atoms with Crippen molar-refractivity contribution in [1.29, 1.82) is 0 Å². The fraction of sp³-hybridized carbons (Fsp3) is 0.905. The lowest BCUT2D eigenvalue weighted by Crippen LogP contribution is -2.03. The van der Waals surface area contributed by atoms with Gasteiger partial charge in [-0.2, -0.15) is 0 Å². The fourth-order valence-corrected chi connectivity index (χ4v) is 2.91. The molecule has 0 aliphatic heterocycles. The zero-order chi connectivity index (χ0) is 17.0. The maximum Gasteiger partial charge on any atom is 0.305 e. The van der Waals surface area contributed by atoms with Gasteiger partial charge in [0.1, 0.15) is 0 Å². The molecule has 0 aliphatic rings. The second-order valence-corrected chi connectivity index (χ2v) is 6.77. The van der Waals surface area contributed by atoms with E-state index in [1.807, 2.05) is 0 Å². The number of ether oxygens (including phenoxy) is 1. The van der Waals surface area contributed by atoms with Crippen LogP contribution in [0, 0.1) is 6.92 Å². The van der Waals surface area contributed by atoms with Gasteiger partial charge in [0.15, 0.2) is 0 Å². The molecule has 0 fully saturated rings. The van der Waals surface area contributed by atoms with Crippen LogP contribution in [0.2, 0.25) is 0 Å². The largest absolute Gasteiger partial charge is 0.466 e. The standard InChI is InChI=1S/C21H41O2/c1-3-5-6-7-8-9-10-11-12-13-14-15-16-17-18-19-20-23-21(22)4-2/h2-20H2,1H3. The maximum absolute atomic E-state index is 10.9. The van der Waals surface area contributed by atoms with Crippen LogP contribution in [0.5, 0.6) is 0 Å². The molecule has 0 atom stereocenters. The quantitative estimate of drug-likeness (QED) is 0.200. The zero-order valence-electron chi connectivity index (χ0n) is 15.8. The zero-order valence-corrected chi connectivity index (χ0v) is 15.8. The average Bonchev–Trinajstić information content (AvgIpc) is 2.57. The Morgan fingerprint density at radius 3 is 1.35 bits per heavy atom. The smallest absolute Gasteiger partial charge is 0.305 e. The molecule has 0 saturated heterocycles. The highest BCUT2D eigenvalue weighted by Crippen LogP contribution is 2.13. The van der Waals surface area contributed by atoms with E-state index in [2.05, 4.69) is 13.8 Å². The normalized spacial score (nSPS) is 10.9. The highest BCUT2D eigenvalue weighted by molar-refractivity contribution is 5.69. The number of hydrogen-bond acceptors (Lipinski definition) is 2. The molecule has 137 valence electrons. The van der Waals surface area contributed by atoms with Gasteiger partial charge in [0.25, 0.3) is 0 Å². The Kier molecular flexibility index (Phi) is 19.1. The summed E-state index contributed by atoms with van der Waals surface area (Å²) in [5.74, 6) is -0.175. The summed E-state index contributed by atoms with van der Waals surface area (Å²) >= 11 is 0. The Balaban J connectivity index is 2.99. The van der Waals surface area contributed by atoms with Gasteiger partial charge in [0.2, 0.25) is 0 Å². The topological polar surface area (TPSA) is 26.3 Å². The second-order valence-electron chi connectivity index (χ2n) is 6.77. The van der Waals surface area contributed by atoms with Gasteiger partial charge in [0.05, 0.1) is 6.61 Å². The van der Waals surface area contributed by atoms with Crippen LogP contribution >= 0.6 is 0 Å². The van der Waals surface area contributed by atoms with Crippen molar-refractivity contribution in [3.63, 3.8) is 0 Å². The molecule has 2 nitrogen and oxygen atoms in total. The van der Waals surface area contributed by atoms with Crippen molar-refractivity contribution < 1.29 is 9.53 Å². The summed E-state index contributed by atoms with van der Waals surface area (Å²) in [5, 5.41) is 0. The first kappa shape index (κ1) is 22.5. The molecule has 0 unspecified atom stereocenters. The summed E-state index contributed by atoms with van der Waals surface area (Å²) < 4.78 is 5.01. The Morgan fingerprint density at radius 2 is 1.00 bits per heavy atom. The van der Waals surface area contributed by atoms with Crippen molar-refractivity contribution in [2.24, 2.45) is 0 Å². The molecule has 2 heteroatoms.